The summed E-state index contributed by atoms with van der Waals surface area (Å²) in [7, 11) is 0. The maximum absolute atomic E-state index is 7.86. The van der Waals surface area contributed by atoms with Gasteiger partial charge in [0, 0.05) is 20.9 Å². The number of fused-ring (bicyclic) bond motifs is 6. The fourth-order valence-electron chi connectivity index (χ4n) is 9.58. The van der Waals surface area contributed by atoms with Gasteiger partial charge in [0.1, 0.15) is 5.58 Å². The van der Waals surface area contributed by atoms with Crippen molar-refractivity contribution < 1.29 is 33.2 Å². The molecule has 0 unspecified atom stereocenters. The third-order valence-corrected chi connectivity index (χ3v) is 12.8. The molecule has 0 aliphatic heterocycles. The molecule has 5 nitrogen and oxygen atoms in total. The van der Waals surface area contributed by atoms with Crippen LogP contribution < -0.4 is 9.55 Å². The third-order valence-electron chi connectivity index (χ3n) is 12.8. The molecule has 0 atom stereocenters. The van der Waals surface area contributed by atoms with Crippen LogP contribution in [0.15, 0.2) is 156 Å². The summed E-state index contributed by atoms with van der Waals surface area (Å²) in [6.07, 6.45) is 0. The van der Waals surface area contributed by atoms with Crippen LogP contribution in [0.25, 0.3) is 88.9 Å². The van der Waals surface area contributed by atoms with Gasteiger partial charge in [-0.15, -0.1) is 54.1 Å². The van der Waals surface area contributed by atoms with E-state index in [1.807, 2.05) is 54.6 Å². The van der Waals surface area contributed by atoms with E-state index < -0.39 is 6.85 Å². The Kier molecular flexibility index (Phi) is 11.6. The molecule has 11 rings (SSSR count). The van der Waals surface area contributed by atoms with Crippen LogP contribution in [0, 0.1) is 19.0 Å². The number of para-hydroxylation sites is 6. The number of aryl methyl sites for hydroxylation is 1. The molecule has 67 heavy (non-hydrogen) atoms. The van der Waals surface area contributed by atoms with E-state index in [9.17, 15) is 0 Å². The van der Waals surface area contributed by atoms with E-state index in [2.05, 4.69) is 162 Å². The SMILES string of the molecule is CC(C)c1cccc(C(C)C)c1-n1c(-c2[c-]cccc2)nc2ccccc21.[2H]C([2H])([2H])c1ccc2cc3oc4c(-c5[n-]c6ccccc6[n+]5-c5c(C(C)C)cccc5C(C)C)[c-]ccc4c3cc2c1.[Ir+3]. The predicted molar refractivity (Wildman–Crippen MR) is 274 cm³/mol. The number of nitrogens with zero attached hydrogens (tertiary/aromatic N) is 4. The Balaban J connectivity index is 0.000000188. The molecule has 334 valence electrons. The molecule has 0 saturated carbocycles. The van der Waals surface area contributed by atoms with Gasteiger partial charge in [0.15, 0.2) is 0 Å². The first-order valence-electron chi connectivity index (χ1n) is 24.7. The molecule has 0 aliphatic carbocycles. The van der Waals surface area contributed by atoms with Gasteiger partial charge in [-0.1, -0.05) is 151 Å². The molecule has 0 fully saturated rings. The second-order valence-electron chi connectivity index (χ2n) is 18.6. The summed E-state index contributed by atoms with van der Waals surface area (Å²) in [6.45, 7) is 15.8. The van der Waals surface area contributed by atoms with Gasteiger partial charge in [0.25, 0.3) is 0 Å². The topological polar surface area (TPSA) is 48.9 Å². The zero-order valence-corrected chi connectivity index (χ0v) is 41.7. The van der Waals surface area contributed by atoms with E-state index in [4.69, 9.17) is 18.5 Å². The van der Waals surface area contributed by atoms with Gasteiger partial charge in [0.2, 0.25) is 0 Å². The van der Waals surface area contributed by atoms with Crippen molar-refractivity contribution in [3.63, 3.8) is 0 Å². The van der Waals surface area contributed by atoms with Gasteiger partial charge < -0.3 is 13.6 Å². The van der Waals surface area contributed by atoms with Crippen molar-refractivity contribution in [3.05, 3.63) is 192 Å². The van der Waals surface area contributed by atoms with Crippen LogP contribution in [-0.4, -0.2) is 9.55 Å². The Bertz CT molecular complexity index is 3640. The smallest absolute Gasteiger partial charge is 0.501 e. The summed E-state index contributed by atoms with van der Waals surface area (Å²) in [4.78, 5) is 10.2. The van der Waals surface area contributed by atoms with E-state index in [0.717, 1.165) is 77.7 Å². The fourth-order valence-corrected chi connectivity index (χ4v) is 9.58. The first-order valence-corrected chi connectivity index (χ1v) is 23.2. The molecule has 3 aromatic heterocycles. The van der Waals surface area contributed by atoms with E-state index in [1.165, 1.54) is 27.9 Å². The van der Waals surface area contributed by atoms with Crippen molar-refractivity contribution in [1.82, 2.24) is 14.5 Å². The summed E-state index contributed by atoms with van der Waals surface area (Å²) >= 11 is 0. The molecule has 3 heterocycles. The summed E-state index contributed by atoms with van der Waals surface area (Å²) in [5, 5.41) is 3.68. The van der Waals surface area contributed by atoms with Crippen molar-refractivity contribution in [2.24, 2.45) is 0 Å². The van der Waals surface area contributed by atoms with Crippen LogP contribution in [0.3, 0.4) is 0 Å². The van der Waals surface area contributed by atoms with Gasteiger partial charge in [-0.25, -0.2) is 0 Å². The van der Waals surface area contributed by atoms with Crippen molar-refractivity contribution in [2.45, 2.75) is 85.9 Å². The molecule has 0 N–H and O–H groups in total. The minimum atomic E-state index is -2.16. The molecular formula is C61H56IrN4O+. The van der Waals surface area contributed by atoms with Crippen LogP contribution in [-0.2, 0) is 20.1 Å². The molecule has 0 saturated heterocycles. The Hall–Kier alpha value is -6.59. The average molecular weight is 1060 g/mol. The van der Waals surface area contributed by atoms with Crippen molar-refractivity contribution in [3.8, 4) is 34.2 Å². The van der Waals surface area contributed by atoms with Crippen molar-refractivity contribution >= 4 is 54.8 Å². The van der Waals surface area contributed by atoms with Gasteiger partial charge in [-0.2, -0.15) is 0 Å². The van der Waals surface area contributed by atoms with Gasteiger partial charge in [-0.3, -0.25) is 9.97 Å². The Morgan fingerprint density at radius 3 is 1.99 bits per heavy atom. The second-order valence-corrected chi connectivity index (χ2v) is 18.6. The van der Waals surface area contributed by atoms with E-state index >= 15 is 0 Å². The molecule has 0 radical (unpaired) electrons. The van der Waals surface area contributed by atoms with Crippen LogP contribution >= 0.6 is 0 Å². The molecule has 0 amide bonds. The normalized spacial score (nSPS) is 12.6. The molecule has 0 bridgehead atoms. The summed E-state index contributed by atoms with van der Waals surface area (Å²) in [6, 6.07) is 58.1. The van der Waals surface area contributed by atoms with Crippen LogP contribution in [0.5, 0.6) is 0 Å². The molecule has 6 heteroatoms. The third kappa shape index (κ3) is 8.21. The zero-order chi connectivity index (χ0) is 48.3. The van der Waals surface area contributed by atoms with Gasteiger partial charge >= 0.3 is 20.1 Å². The number of hydrogen-bond acceptors (Lipinski definition) is 2. The number of benzene rings is 8. The van der Waals surface area contributed by atoms with Crippen molar-refractivity contribution in [1.29, 1.82) is 0 Å². The maximum atomic E-state index is 7.86. The Labute approximate surface area is 412 Å². The number of hydrogen-bond donors (Lipinski definition) is 0. The summed E-state index contributed by atoms with van der Waals surface area (Å²) in [5.41, 5.74) is 15.3. The van der Waals surface area contributed by atoms with E-state index in [1.54, 1.807) is 12.1 Å². The minimum absolute atomic E-state index is 0. The summed E-state index contributed by atoms with van der Waals surface area (Å²) in [5.74, 6) is 3.20. The average Bonchev–Trinajstić information content (AvgIpc) is 4.04. The number of imidazole rings is 2. The monoisotopic (exact) mass is 1060 g/mol. The van der Waals surface area contributed by atoms with Gasteiger partial charge in [-0.05, 0) is 99.9 Å². The van der Waals surface area contributed by atoms with E-state index in [-0.39, 0.29) is 20.1 Å². The van der Waals surface area contributed by atoms with Crippen LogP contribution in [0.1, 0.15) is 111 Å². The van der Waals surface area contributed by atoms with Gasteiger partial charge in [0.05, 0.1) is 39.3 Å². The largest absolute Gasteiger partial charge is 3.00 e. The quantitative estimate of drug-likeness (QED) is 0.113. The Morgan fingerprint density at radius 1 is 0.627 bits per heavy atom. The number of rotatable bonds is 8. The number of furan rings is 1. The van der Waals surface area contributed by atoms with Crippen LogP contribution in [0.4, 0.5) is 0 Å². The van der Waals surface area contributed by atoms with Crippen molar-refractivity contribution in [2.75, 3.05) is 0 Å². The predicted octanol–water partition coefficient (Wildman–Crippen LogP) is 15.9. The van der Waals surface area contributed by atoms with E-state index in [0.29, 0.717) is 34.8 Å². The number of aromatic nitrogens is 4. The summed E-state index contributed by atoms with van der Waals surface area (Å²) < 4.78 is 34.8. The first kappa shape index (κ1) is 41.8. The minimum Gasteiger partial charge on any atom is -0.501 e. The molecule has 8 aromatic carbocycles. The standard InChI is InChI=1S/C36H31N2O.C25H25N2.Ir/c1-21(2)26-10-8-11-27(22(3)4)34(26)38-32-15-7-6-14-31(32)37-36(38)29-13-9-12-28-30-19-25-18-23(5)16-17-24(25)20-33(30)39-35(28)29;1-17(2)20-13-10-14-21(18(3)4)24(20)27-23-16-9-8-15-22(23)26-25(27)19-11-6-5-7-12-19;/h6-12,14-22H,1-5H3;5-11,13-18H,1-4H3;/q2*-1;+3/i5D3;;. The Morgan fingerprint density at radius 2 is 1.30 bits per heavy atom. The molecule has 0 aliphatic rings. The molecule has 0 spiro atoms. The first-order chi connectivity index (χ1) is 33.2. The second kappa shape index (κ2) is 18.6. The fraction of sp³-hybridized carbons (Fsp3) is 0.213. The molecule has 11 aromatic rings. The van der Waals surface area contributed by atoms with Crippen LogP contribution in [0.2, 0.25) is 0 Å². The maximum Gasteiger partial charge on any atom is 3.00 e. The zero-order valence-electron chi connectivity index (χ0n) is 42.3. The molecular weight excluding hydrogens is 997 g/mol.